The van der Waals surface area contributed by atoms with Crippen LogP contribution in [0, 0.1) is 5.92 Å². The number of hydrogen-bond donors (Lipinski definition) is 1. The Labute approximate surface area is 172 Å². The summed E-state index contributed by atoms with van der Waals surface area (Å²) >= 11 is 7.72. The van der Waals surface area contributed by atoms with Crippen molar-refractivity contribution in [1.82, 2.24) is 10.1 Å². The lowest BCUT2D eigenvalue weighted by Crippen LogP contribution is -2.33. The van der Waals surface area contributed by atoms with Crippen molar-refractivity contribution >= 4 is 45.5 Å². The van der Waals surface area contributed by atoms with E-state index in [9.17, 15) is 4.79 Å². The molecule has 0 radical (unpaired) electrons. The first-order valence-electron chi connectivity index (χ1n) is 9.81. The van der Waals surface area contributed by atoms with Crippen molar-refractivity contribution in [1.29, 1.82) is 0 Å². The third kappa shape index (κ3) is 3.69. The van der Waals surface area contributed by atoms with Gasteiger partial charge in [0.2, 0.25) is 5.91 Å². The number of aromatic nitrogens is 1. The molecule has 0 saturated carbocycles. The smallest absolute Gasteiger partial charge is 0.228 e. The van der Waals surface area contributed by atoms with Crippen LogP contribution in [0.15, 0.2) is 28.8 Å². The molecule has 1 amide bonds. The van der Waals surface area contributed by atoms with E-state index in [0.717, 1.165) is 70.6 Å². The largest absolute Gasteiger partial charge is 0.356 e. The van der Waals surface area contributed by atoms with E-state index in [1.807, 2.05) is 12.1 Å². The van der Waals surface area contributed by atoms with E-state index < -0.39 is 0 Å². The maximum absolute atomic E-state index is 11.6. The second-order valence-electron chi connectivity index (χ2n) is 7.82. The van der Waals surface area contributed by atoms with Gasteiger partial charge in [-0.05, 0) is 68.5 Å². The van der Waals surface area contributed by atoms with Crippen LogP contribution >= 0.6 is 22.9 Å². The predicted molar refractivity (Wildman–Crippen MR) is 112 cm³/mol. The Morgan fingerprint density at radius 2 is 2.14 bits per heavy atom. The first-order chi connectivity index (χ1) is 13.6. The van der Waals surface area contributed by atoms with Crippen LogP contribution in [0.25, 0.3) is 11.0 Å². The molecule has 28 heavy (non-hydrogen) atoms. The summed E-state index contributed by atoms with van der Waals surface area (Å²) in [7, 11) is 0. The molecule has 5 nitrogen and oxygen atoms in total. The van der Waals surface area contributed by atoms with Crippen LogP contribution in [0.5, 0.6) is 0 Å². The molecule has 0 unspecified atom stereocenters. The van der Waals surface area contributed by atoms with Crippen LogP contribution in [0.3, 0.4) is 0 Å². The average Bonchev–Trinajstić information content (AvgIpc) is 3.37. The van der Waals surface area contributed by atoms with E-state index in [1.54, 1.807) is 11.3 Å². The number of piperidine rings is 1. The molecule has 1 saturated heterocycles. The minimum absolute atomic E-state index is 0.0498. The Balaban J connectivity index is 1.17. The molecule has 1 aromatic carbocycles. The number of nitrogens with zero attached hydrogens (tertiary/aromatic N) is 2. The van der Waals surface area contributed by atoms with Crippen LogP contribution in [-0.4, -0.2) is 29.1 Å². The van der Waals surface area contributed by atoms with Gasteiger partial charge in [-0.1, -0.05) is 16.8 Å². The lowest BCUT2D eigenvalue weighted by Gasteiger charge is -2.31. The van der Waals surface area contributed by atoms with Crippen LogP contribution in [0.2, 0.25) is 4.34 Å². The molecule has 2 aliphatic rings. The number of rotatable bonds is 5. The molecular weight excluding hydrogens is 394 g/mol. The lowest BCUT2D eigenvalue weighted by molar-refractivity contribution is -0.115. The molecule has 7 heteroatoms. The number of nitrogens with one attached hydrogen (secondary N) is 1. The molecule has 4 heterocycles. The van der Waals surface area contributed by atoms with Crippen LogP contribution in [0.4, 0.5) is 5.69 Å². The zero-order chi connectivity index (χ0) is 19.1. The third-order valence-corrected chi connectivity index (χ3v) is 7.12. The van der Waals surface area contributed by atoms with Gasteiger partial charge < -0.3 is 9.84 Å². The van der Waals surface area contributed by atoms with Gasteiger partial charge in [0.1, 0.15) is 0 Å². The van der Waals surface area contributed by atoms with Crippen molar-refractivity contribution in [2.24, 2.45) is 5.92 Å². The fourth-order valence-corrected chi connectivity index (χ4v) is 5.45. The zero-order valence-corrected chi connectivity index (χ0v) is 17.1. The van der Waals surface area contributed by atoms with Gasteiger partial charge in [-0.25, -0.2) is 0 Å². The van der Waals surface area contributed by atoms with E-state index >= 15 is 0 Å². The first-order valence-corrected chi connectivity index (χ1v) is 11.0. The highest BCUT2D eigenvalue weighted by molar-refractivity contribution is 7.16. The monoisotopic (exact) mass is 415 g/mol. The van der Waals surface area contributed by atoms with Gasteiger partial charge in [-0.3, -0.25) is 9.69 Å². The third-order valence-electron chi connectivity index (χ3n) is 5.90. The number of anilines is 1. The van der Waals surface area contributed by atoms with E-state index in [-0.39, 0.29) is 5.91 Å². The summed E-state index contributed by atoms with van der Waals surface area (Å²) in [5.41, 5.74) is 3.69. The number of amides is 1. The molecule has 1 N–H and O–H groups in total. The maximum Gasteiger partial charge on any atom is 0.228 e. The number of hydrogen-bond acceptors (Lipinski definition) is 5. The van der Waals surface area contributed by atoms with Gasteiger partial charge in [-0.15, -0.1) is 11.3 Å². The fraction of sp³-hybridized carbons (Fsp3) is 0.429. The van der Waals surface area contributed by atoms with E-state index in [2.05, 4.69) is 27.5 Å². The van der Waals surface area contributed by atoms with Crippen LogP contribution in [-0.2, 0) is 24.2 Å². The molecule has 0 aliphatic carbocycles. The fourth-order valence-electron chi connectivity index (χ4n) is 4.32. The van der Waals surface area contributed by atoms with Crippen molar-refractivity contribution in [2.45, 2.75) is 38.6 Å². The molecule has 2 aromatic heterocycles. The van der Waals surface area contributed by atoms with Crippen molar-refractivity contribution in [3.05, 3.63) is 44.7 Å². The Morgan fingerprint density at radius 1 is 1.29 bits per heavy atom. The van der Waals surface area contributed by atoms with Crippen LogP contribution in [0.1, 0.15) is 35.4 Å². The number of carbonyl (C=O) groups is 1. The minimum atomic E-state index is 0.0498. The SMILES string of the molecule is O=C1Cc2cc3c(CCC4CCN(Cc5ccc(Cl)s5)CC4)noc3cc2N1. The highest BCUT2D eigenvalue weighted by Gasteiger charge is 2.23. The number of thiophene rings is 1. The van der Waals surface area contributed by atoms with Crippen molar-refractivity contribution in [3.8, 4) is 0 Å². The summed E-state index contributed by atoms with van der Waals surface area (Å²) in [6.07, 6.45) is 4.96. The molecule has 0 bridgehead atoms. The minimum Gasteiger partial charge on any atom is -0.356 e. The molecule has 3 aromatic rings. The summed E-state index contributed by atoms with van der Waals surface area (Å²) in [5, 5.41) is 8.23. The molecular formula is C21H22ClN3O2S. The molecule has 2 aliphatic heterocycles. The van der Waals surface area contributed by atoms with E-state index in [1.165, 1.54) is 17.7 Å². The highest BCUT2D eigenvalue weighted by atomic mass is 35.5. The molecule has 0 atom stereocenters. The van der Waals surface area contributed by atoms with Gasteiger partial charge >= 0.3 is 0 Å². The van der Waals surface area contributed by atoms with Gasteiger partial charge in [0.05, 0.1) is 16.5 Å². The van der Waals surface area contributed by atoms with Gasteiger partial charge in [0.25, 0.3) is 0 Å². The number of fused-ring (bicyclic) bond motifs is 2. The second-order valence-corrected chi connectivity index (χ2v) is 9.62. The molecule has 1 fully saturated rings. The zero-order valence-electron chi connectivity index (χ0n) is 15.5. The van der Waals surface area contributed by atoms with Crippen molar-refractivity contribution in [2.75, 3.05) is 18.4 Å². The maximum atomic E-state index is 11.6. The topological polar surface area (TPSA) is 58.4 Å². The Hall–Kier alpha value is -1.89. The van der Waals surface area contributed by atoms with Gasteiger partial charge in [-0.2, -0.15) is 0 Å². The standard InChI is InChI=1S/C21H22ClN3O2S/c22-20-4-2-15(28-20)12-25-7-5-13(6-8-25)1-3-17-16-9-14-10-21(26)23-18(14)11-19(16)27-24-17/h2,4,9,11,13H,1,3,5-8,10,12H2,(H,23,26). The Bertz CT molecular complexity index is 1020. The number of benzene rings is 1. The Morgan fingerprint density at radius 3 is 2.93 bits per heavy atom. The Kier molecular flexibility index (Phi) is 4.87. The first kappa shape index (κ1) is 18.2. The predicted octanol–water partition coefficient (Wildman–Crippen LogP) is 4.88. The lowest BCUT2D eigenvalue weighted by atomic mass is 9.91. The van der Waals surface area contributed by atoms with Crippen molar-refractivity contribution < 1.29 is 9.32 Å². The van der Waals surface area contributed by atoms with Crippen molar-refractivity contribution in [3.63, 3.8) is 0 Å². The molecule has 146 valence electrons. The van der Waals surface area contributed by atoms with E-state index in [0.29, 0.717) is 6.42 Å². The number of likely N-dealkylation sites (tertiary alicyclic amines) is 1. The quantitative estimate of drug-likeness (QED) is 0.645. The highest BCUT2D eigenvalue weighted by Crippen LogP contribution is 2.32. The van der Waals surface area contributed by atoms with Crippen LogP contribution < -0.4 is 5.32 Å². The summed E-state index contributed by atoms with van der Waals surface area (Å²) in [5.74, 6) is 0.779. The normalized spacial score (nSPS) is 18.0. The molecule has 5 rings (SSSR count). The summed E-state index contributed by atoms with van der Waals surface area (Å²) < 4.78 is 6.39. The second kappa shape index (κ2) is 7.50. The number of aryl methyl sites for hydroxylation is 1. The summed E-state index contributed by atoms with van der Waals surface area (Å²) in [4.78, 5) is 15.5. The number of halogens is 1. The number of carbonyl (C=O) groups excluding carboxylic acids is 1. The van der Waals surface area contributed by atoms with E-state index in [4.69, 9.17) is 16.1 Å². The van der Waals surface area contributed by atoms with Gasteiger partial charge in [0, 0.05) is 28.6 Å². The molecule has 0 spiro atoms. The van der Waals surface area contributed by atoms with Gasteiger partial charge in [0.15, 0.2) is 5.58 Å². The average molecular weight is 416 g/mol. The summed E-state index contributed by atoms with van der Waals surface area (Å²) in [6.45, 7) is 3.29. The summed E-state index contributed by atoms with van der Waals surface area (Å²) in [6, 6.07) is 8.09.